The monoisotopic (exact) mass is 314 g/mol. The van der Waals surface area contributed by atoms with E-state index in [0.717, 1.165) is 48.7 Å². The van der Waals surface area contributed by atoms with Crippen molar-refractivity contribution in [3.8, 4) is 11.5 Å². The van der Waals surface area contributed by atoms with Gasteiger partial charge in [0, 0.05) is 31.2 Å². The highest BCUT2D eigenvalue weighted by Crippen LogP contribution is 2.22. The summed E-state index contributed by atoms with van der Waals surface area (Å²) in [6.45, 7) is 3.87. The number of halogens is 1. The molecule has 3 heterocycles. The Morgan fingerprint density at radius 2 is 1.91 bits per heavy atom. The van der Waals surface area contributed by atoms with Gasteiger partial charge in [0.15, 0.2) is 11.6 Å². The molecule has 0 saturated carbocycles. The Morgan fingerprint density at radius 3 is 2.68 bits per heavy atom. The highest BCUT2D eigenvalue weighted by Gasteiger charge is 2.13. The zero-order chi connectivity index (χ0) is 14.9. The molecule has 0 radical (unpaired) electrons. The Bertz CT molecular complexity index is 791. The van der Waals surface area contributed by atoms with E-state index in [0.29, 0.717) is 10.8 Å². The Hall–Kier alpha value is -2.18. The Kier molecular flexibility index (Phi) is 3.40. The van der Waals surface area contributed by atoms with E-state index in [2.05, 4.69) is 30.4 Å². The first-order chi connectivity index (χ1) is 10.8. The number of nitrogens with one attached hydrogen (secondary N) is 2. The predicted octanol–water partition coefficient (Wildman–Crippen LogP) is 2.08. The number of piperazine rings is 1. The molecule has 0 bridgehead atoms. The van der Waals surface area contributed by atoms with Crippen LogP contribution in [0.1, 0.15) is 0 Å². The van der Waals surface area contributed by atoms with E-state index in [1.54, 1.807) is 0 Å². The number of H-pyrrole nitrogens is 1. The summed E-state index contributed by atoms with van der Waals surface area (Å²) in [4.78, 5) is 9.98. The number of rotatable bonds is 2. The van der Waals surface area contributed by atoms with Crippen molar-refractivity contribution in [2.24, 2.45) is 0 Å². The summed E-state index contributed by atoms with van der Waals surface area (Å²) in [6.07, 6.45) is 0. The third kappa shape index (κ3) is 2.51. The lowest BCUT2D eigenvalue weighted by molar-refractivity contribution is 0.583. The zero-order valence-electron chi connectivity index (χ0n) is 11.9. The maximum atomic E-state index is 5.99. The molecule has 0 spiro atoms. The molecule has 3 aromatic rings. The van der Waals surface area contributed by atoms with Crippen molar-refractivity contribution in [3.05, 3.63) is 35.4 Å². The van der Waals surface area contributed by atoms with Gasteiger partial charge in [-0.05, 0) is 30.3 Å². The predicted molar refractivity (Wildman–Crippen MR) is 87.2 cm³/mol. The number of nitrogens with zero attached hydrogens (tertiary/aromatic N) is 4. The minimum Gasteiger partial charge on any atom is -0.353 e. The highest BCUT2D eigenvalue weighted by atomic mass is 35.5. The van der Waals surface area contributed by atoms with Crippen molar-refractivity contribution in [2.75, 3.05) is 31.1 Å². The van der Waals surface area contributed by atoms with Crippen LogP contribution in [-0.2, 0) is 0 Å². The Balaban J connectivity index is 1.63. The number of aromatic nitrogens is 4. The fraction of sp³-hybridized carbons (Fsp3) is 0.267. The number of fused-ring (bicyclic) bond motifs is 1. The molecule has 1 aliphatic rings. The summed E-state index contributed by atoms with van der Waals surface area (Å²) in [6, 6.07) is 9.52. The molecule has 1 aliphatic heterocycles. The summed E-state index contributed by atoms with van der Waals surface area (Å²) < 4.78 is 0. The highest BCUT2D eigenvalue weighted by molar-refractivity contribution is 6.31. The molecule has 1 saturated heterocycles. The van der Waals surface area contributed by atoms with Gasteiger partial charge in [-0.2, -0.15) is 0 Å². The van der Waals surface area contributed by atoms with Gasteiger partial charge in [0.05, 0.1) is 11.0 Å². The van der Waals surface area contributed by atoms with Gasteiger partial charge in [0.1, 0.15) is 5.69 Å². The van der Waals surface area contributed by atoms with E-state index >= 15 is 0 Å². The number of benzene rings is 1. The summed E-state index contributed by atoms with van der Waals surface area (Å²) in [7, 11) is 0. The minimum atomic E-state index is 0.683. The molecule has 7 heteroatoms. The van der Waals surface area contributed by atoms with Gasteiger partial charge in [-0.15, -0.1) is 10.2 Å². The third-order valence-corrected chi connectivity index (χ3v) is 4.01. The van der Waals surface area contributed by atoms with Gasteiger partial charge in [-0.25, -0.2) is 4.98 Å². The number of hydrogen-bond donors (Lipinski definition) is 2. The lowest BCUT2D eigenvalue weighted by atomic mass is 10.3. The first-order valence-corrected chi connectivity index (χ1v) is 7.62. The van der Waals surface area contributed by atoms with Crippen LogP contribution in [0.3, 0.4) is 0 Å². The Morgan fingerprint density at radius 1 is 1.05 bits per heavy atom. The fourth-order valence-electron chi connectivity index (χ4n) is 2.62. The second-order valence-corrected chi connectivity index (χ2v) is 5.70. The number of aromatic amines is 1. The molecule has 2 aromatic heterocycles. The maximum Gasteiger partial charge on any atom is 0.159 e. The average molecular weight is 315 g/mol. The summed E-state index contributed by atoms with van der Waals surface area (Å²) in [5.41, 5.74) is 2.49. The van der Waals surface area contributed by atoms with Gasteiger partial charge < -0.3 is 15.2 Å². The van der Waals surface area contributed by atoms with Crippen LogP contribution < -0.4 is 10.2 Å². The van der Waals surface area contributed by atoms with Gasteiger partial charge in [0.2, 0.25) is 0 Å². The summed E-state index contributed by atoms with van der Waals surface area (Å²) in [5, 5.41) is 12.6. The first kappa shape index (κ1) is 13.5. The van der Waals surface area contributed by atoms with Gasteiger partial charge >= 0.3 is 0 Å². The number of hydrogen-bond acceptors (Lipinski definition) is 5. The standard InChI is InChI=1S/C15H15ClN6/c16-10-1-2-11-13(9-10)19-15(18-11)12-3-4-14(21-20-12)22-7-5-17-6-8-22/h1-4,9,17H,5-8H2,(H,18,19). The van der Waals surface area contributed by atoms with Crippen LogP contribution in [-0.4, -0.2) is 46.3 Å². The van der Waals surface area contributed by atoms with Crippen LogP contribution >= 0.6 is 11.6 Å². The third-order valence-electron chi connectivity index (χ3n) is 3.78. The van der Waals surface area contributed by atoms with Crippen LogP contribution in [0.4, 0.5) is 5.82 Å². The second-order valence-electron chi connectivity index (χ2n) is 5.26. The van der Waals surface area contributed by atoms with Crippen LogP contribution in [0.2, 0.25) is 5.02 Å². The maximum absolute atomic E-state index is 5.99. The molecular weight excluding hydrogens is 300 g/mol. The smallest absolute Gasteiger partial charge is 0.159 e. The SMILES string of the molecule is Clc1ccc2nc(-c3ccc(N4CCNCC4)nn3)[nH]c2c1. The second kappa shape index (κ2) is 5.55. The molecular formula is C15H15ClN6. The minimum absolute atomic E-state index is 0.683. The van der Waals surface area contributed by atoms with Crippen molar-refractivity contribution in [1.82, 2.24) is 25.5 Å². The molecule has 0 unspecified atom stereocenters. The molecule has 6 nitrogen and oxygen atoms in total. The van der Waals surface area contributed by atoms with Crippen molar-refractivity contribution < 1.29 is 0 Å². The fourth-order valence-corrected chi connectivity index (χ4v) is 2.79. The van der Waals surface area contributed by atoms with E-state index < -0.39 is 0 Å². The average Bonchev–Trinajstić information content (AvgIpc) is 2.99. The summed E-state index contributed by atoms with van der Waals surface area (Å²) >= 11 is 5.99. The normalized spacial score (nSPS) is 15.4. The largest absolute Gasteiger partial charge is 0.353 e. The molecule has 4 rings (SSSR count). The van der Waals surface area contributed by atoms with Crippen LogP contribution in [0, 0.1) is 0 Å². The van der Waals surface area contributed by atoms with E-state index in [4.69, 9.17) is 11.6 Å². The van der Waals surface area contributed by atoms with Crippen LogP contribution in [0.5, 0.6) is 0 Å². The lowest BCUT2D eigenvalue weighted by Crippen LogP contribution is -2.43. The Labute approximate surface area is 132 Å². The molecule has 112 valence electrons. The van der Waals surface area contributed by atoms with E-state index in [9.17, 15) is 0 Å². The molecule has 1 aromatic carbocycles. The topological polar surface area (TPSA) is 69.7 Å². The lowest BCUT2D eigenvalue weighted by Gasteiger charge is -2.27. The molecule has 2 N–H and O–H groups in total. The molecule has 0 atom stereocenters. The van der Waals surface area contributed by atoms with Gasteiger partial charge in [-0.1, -0.05) is 11.6 Å². The van der Waals surface area contributed by atoms with E-state index in [1.165, 1.54) is 0 Å². The van der Waals surface area contributed by atoms with Gasteiger partial charge in [0.25, 0.3) is 0 Å². The van der Waals surface area contributed by atoms with E-state index in [-0.39, 0.29) is 0 Å². The first-order valence-electron chi connectivity index (χ1n) is 7.25. The van der Waals surface area contributed by atoms with Crippen molar-refractivity contribution in [1.29, 1.82) is 0 Å². The van der Waals surface area contributed by atoms with Crippen LogP contribution in [0.25, 0.3) is 22.6 Å². The molecule has 0 amide bonds. The molecule has 0 aliphatic carbocycles. The van der Waals surface area contributed by atoms with E-state index in [1.807, 2.05) is 30.3 Å². The van der Waals surface area contributed by atoms with Gasteiger partial charge in [-0.3, -0.25) is 0 Å². The van der Waals surface area contributed by atoms with Crippen molar-refractivity contribution in [3.63, 3.8) is 0 Å². The summed E-state index contributed by atoms with van der Waals surface area (Å²) in [5.74, 6) is 1.61. The zero-order valence-corrected chi connectivity index (χ0v) is 12.6. The molecule has 22 heavy (non-hydrogen) atoms. The van der Waals surface area contributed by atoms with Crippen molar-refractivity contribution in [2.45, 2.75) is 0 Å². The quantitative estimate of drug-likeness (QED) is 0.758. The number of anilines is 1. The number of imidazole rings is 1. The molecule has 1 fully saturated rings. The van der Waals surface area contributed by atoms with Crippen LogP contribution in [0.15, 0.2) is 30.3 Å². The van der Waals surface area contributed by atoms with Crippen molar-refractivity contribution >= 4 is 28.5 Å².